The van der Waals surface area contributed by atoms with Gasteiger partial charge in [-0.15, -0.1) is 10.2 Å². The standard InChI is InChI=1S/C18H22N6O2S/c1-13-17(14(2)24(22-13)15-7-5-4-6-8-15)20-16(25)11-27-18-21-19-12-23(18)9-10-26-3/h4-8,12H,9-11H2,1-3H3,(H,20,25). The molecule has 0 saturated carbocycles. The largest absolute Gasteiger partial charge is 0.383 e. The van der Waals surface area contributed by atoms with Crippen LogP contribution in [0, 0.1) is 13.8 Å². The van der Waals surface area contributed by atoms with Gasteiger partial charge in [-0.1, -0.05) is 30.0 Å². The fourth-order valence-corrected chi connectivity index (χ4v) is 3.39. The maximum Gasteiger partial charge on any atom is 0.234 e. The van der Waals surface area contributed by atoms with Crippen molar-refractivity contribution < 1.29 is 9.53 Å². The third kappa shape index (κ3) is 4.55. The molecule has 0 aliphatic rings. The molecule has 0 saturated heterocycles. The maximum absolute atomic E-state index is 12.4. The summed E-state index contributed by atoms with van der Waals surface area (Å²) in [6, 6.07) is 9.84. The van der Waals surface area contributed by atoms with Crippen LogP contribution in [-0.4, -0.2) is 49.9 Å². The molecule has 1 amide bonds. The summed E-state index contributed by atoms with van der Waals surface area (Å²) in [5.74, 6) is 0.126. The number of carbonyl (C=O) groups is 1. The number of anilines is 1. The molecule has 2 aromatic heterocycles. The van der Waals surface area contributed by atoms with Crippen LogP contribution in [0.1, 0.15) is 11.4 Å². The van der Waals surface area contributed by atoms with E-state index in [1.54, 1.807) is 13.4 Å². The summed E-state index contributed by atoms with van der Waals surface area (Å²) in [7, 11) is 1.64. The Labute approximate surface area is 161 Å². The van der Waals surface area contributed by atoms with Crippen LogP contribution >= 0.6 is 11.8 Å². The van der Waals surface area contributed by atoms with Crippen molar-refractivity contribution in [3.8, 4) is 5.69 Å². The molecule has 1 N–H and O–H groups in total. The van der Waals surface area contributed by atoms with Gasteiger partial charge in [-0.2, -0.15) is 5.10 Å². The molecule has 0 fully saturated rings. The lowest BCUT2D eigenvalue weighted by atomic mass is 10.3. The molecule has 3 rings (SSSR count). The fourth-order valence-electron chi connectivity index (χ4n) is 2.65. The first kappa shape index (κ1) is 19.1. The number of rotatable bonds is 8. The highest BCUT2D eigenvalue weighted by Crippen LogP contribution is 2.23. The predicted molar refractivity (Wildman–Crippen MR) is 104 cm³/mol. The zero-order valence-electron chi connectivity index (χ0n) is 15.5. The van der Waals surface area contributed by atoms with E-state index in [2.05, 4.69) is 20.6 Å². The minimum Gasteiger partial charge on any atom is -0.383 e. The van der Waals surface area contributed by atoms with Crippen molar-refractivity contribution in [1.29, 1.82) is 0 Å². The summed E-state index contributed by atoms with van der Waals surface area (Å²) in [4.78, 5) is 12.4. The van der Waals surface area contributed by atoms with Crippen LogP contribution in [0.2, 0.25) is 0 Å². The van der Waals surface area contributed by atoms with Crippen LogP contribution in [0.15, 0.2) is 41.8 Å². The molecule has 9 heteroatoms. The van der Waals surface area contributed by atoms with Gasteiger partial charge in [0.05, 0.1) is 35.1 Å². The number of nitrogens with one attached hydrogen (secondary N) is 1. The SMILES string of the molecule is COCCn1cnnc1SCC(=O)Nc1c(C)nn(-c2ccccc2)c1C. The molecule has 0 bridgehead atoms. The number of aromatic nitrogens is 5. The number of hydrogen-bond acceptors (Lipinski definition) is 6. The van der Waals surface area contributed by atoms with E-state index >= 15 is 0 Å². The van der Waals surface area contributed by atoms with Crippen LogP contribution in [0.25, 0.3) is 5.69 Å². The molecule has 1 aromatic carbocycles. The summed E-state index contributed by atoms with van der Waals surface area (Å²) in [5.41, 5.74) is 3.36. The molecule has 0 radical (unpaired) electrons. The average molecular weight is 386 g/mol. The number of thioether (sulfide) groups is 1. The Morgan fingerprint density at radius 3 is 2.78 bits per heavy atom. The summed E-state index contributed by atoms with van der Waals surface area (Å²) >= 11 is 1.34. The highest BCUT2D eigenvalue weighted by molar-refractivity contribution is 7.99. The van der Waals surface area contributed by atoms with Gasteiger partial charge in [0.1, 0.15) is 6.33 Å². The molecule has 0 spiro atoms. The number of methoxy groups -OCH3 is 1. The van der Waals surface area contributed by atoms with Gasteiger partial charge in [0, 0.05) is 13.7 Å². The van der Waals surface area contributed by atoms with Crippen molar-refractivity contribution in [1.82, 2.24) is 24.5 Å². The fraction of sp³-hybridized carbons (Fsp3) is 0.333. The van der Waals surface area contributed by atoms with Crippen LogP contribution in [0.5, 0.6) is 0 Å². The molecule has 0 atom stereocenters. The summed E-state index contributed by atoms with van der Waals surface area (Å²) in [5, 5.41) is 16.1. The van der Waals surface area contributed by atoms with E-state index in [4.69, 9.17) is 4.74 Å². The van der Waals surface area contributed by atoms with Crippen molar-refractivity contribution in [2.24, 2.45) is 0 Å². The van der Waals surface area contributed by atoms with E-state index in [1.807, 2.05) is 53.4 Å². The Morgan fingerprint density at radius 1 is 1.26 bits per heavy atom. The van der Waals surface area contributed by atoms with Gasteiger partial charge >= 0.3 is 0 Å². The Balaban J connectivity index is 1.65. The average Bonchev–Trinajstić information content (AvgIpc) is 3.24. The van der Waals surface area contributed by atoms with Gasteiger partial charge < -0.3 is 14.6 Å². The summed E-state index contributed by atoms with van der Waals surface area (Å²) in [6.07, 6.45) is 1.64. The number of hydrogen-bond donors (Lipinski definition) is 1. The number of carbonyl (C=O) groups excluding carboxylic acids is 1. The molecule has 8 nitrogen and oxygen atoms in total. The molecule has 0 aliphatic heterocycles. The van der Waals surface area contributed by atoms with E-state index < -0.39 is 0 Å². The molecular formula is C18H22N6O2S. The van der Waals surface area contributed by atoms with Crippen molar-refractivity contribution in [3.63, 3.8) is 0 Å². The monoisotopic (exact) mass is 386 g/mol. The molecule has 2 heterocycles. The zero-order chi connectivity index (χ0) is 19.2. The maximum atomic E-state index is 12.4. The third-order valence-electron chi connectivity index (χ3n) is 4.01. The van der Waals surface area contributed by atoms with Gasteiger partial charge in [0.2, 0.25) is 5.91 Å². The number of nitrogens with zero attached hydrogens (tertiary/aromatic N) is 5. The minimum atomic E-state index is -0.111. The van der Waals surface area contributed by atoms with Gasteiger partial charge in [0.25, 0.3) is 0 Å². The molecule has 0 unspecified atom stereocenters. The first-order valence-corrected chi connectivity index (χ1v) is 9.49. The zero-order valence-corrected chi connectivity index (χ0v) is 16.4. The quantitative estimate of drug-likeness (QED) is 0.599. The van der Waals surface area contributed by atoms with Gasteiger partial charge in [0.15, 0.2) is 5.16 Å². The molecular weight excluding hydrogens is 364 g/mol. The van der Waals surface area contributed by atoms with Gasteiger partial charge in [-0.3, -0.25) is 4.79 Å². The smallest absolute Gasteiger partial charge is 0.234 e. The van der Waals surface area contributed by atoms with Crippen LogP contribution < -0.4 is 5.32 Å². The van der Waals surface area contributed by atoms with E-state index in [0.29, 0.717) is 18.3 Å². The molecule has 0 aliphatic carbocycles. The topological polar surface area (TPSA) is 86.9 Å². The second kappa shape index (κ2) is 8.83. The van der Waals surface area contributed by atoms with Gasteiger partial charge in [-0.05, 0) is 26.0 Å². The normalized spacial score (nSPS) is 10.9. The second-order valence-corrected chi connectivity index (χ2v) is 6.87. The third-order valence-corrected chi connectivity index (χ3v) is 4.99. The summed E-state index contributed by atoms with van der Waals surface area (Å²) in [6.45, 7) is 5.04. The Bertz CT molecular complexity index is 906. The molecule has 3 aromatic rings. The number of benzene rings is 1. The first-order valence-electron chi connectivity index (χ1n) is 8.51. The van der Waals surface area contributed by atoms with Crippen molar-refractivity contribution in [2.75, 3.05) is 24.8 Å². The number of aryl methyl sites for hydroxylation is 1. The van der Waals surface area contributed by atoms with Crippen molar-refractivity contribution in [3.05, 3.63) is 48.0 Å². The molecule has 27 heavy (non-hydrogen) atoms. The van der Waals surface area contributed by atoms with Crippen molar-refractivity contribution >= 4 is 23.4 Å². The highest BCUT2D eigenvalue weighted by Gasteiger charge is 2.16. The predicted octanol–water partition coefficient (Wildman–Crippen LogP) is 2.46. The Hall–Kier alpha value is -2.65. The minimum absolute atomic E-state index is 0.111. The lowest BCUT2D eigenvalue weighted by molar-refractivity contribution is -0.113. The van der Waals surface area contributed by atoms with Crippen LogP contribution in [0.4, 0.5) is 5.69 Å². The first-order chi connectivity index (χ1) is 13.1. The van der Waals surface area contributed by atoms with E-state index in [9.17, 15) is 4.79 Å². The lowest BCUT2D eigenvalue weighted by Gasteiger charge is -2.08. The van der Waals surface area contributed by atoms with E-state index in [0.717, 1.165) is 22.8 Å². The van der Waals surface area contributed by atoms with Crippen LogP contribution in [0.3, 0.4) is 0 Å². The van der Waals surface area contributed by atoms with Gasteiger partial charge in [-0.25, -0.2) is 4.68 Å². The van der Waals surface area contributed by atoms with Crippen LogP contribution in [-0.2, 0) is 16.1 Å². The van der Waals surface area contributed by atoms with E-state index in [-0.39, 0.29) is 11.7 Å². The number of ether oxygens (including phenoxy) is 1. The molecule has 142 valence electrons. The lowest BCUT2D eigenvalue weighted by Crippen LogP contribution is -2.16. The Kier molecular flexibility index (Phi) is 6.25. The van der Waals surface area contributed by atoms with E-state index in [1.165, 1.54) is 11.8 Å². The number of para-hydroxylation sites is 1. The highest BCUT2D eigenvalue weighted by atomic mass is 32.2. The summed E-state index contributed by atoms with van der Waals surface area (Å²) < 4.78 is 8.76. The Morgan fingerprint density at radius 2 is 2.04 bits per heavy atom. The second-order valence-electron chi connectivity index (χ2n) is 5.93. The number of amides is 1. The van der Waals surface area contributed by atoms with Crippen molar-refractivity contribution in [2.45, 2.75) is 25.5 Å².